The molecule has 1 rings (SSSR count). The van der Waals surface area contributed by atoms with Gasteiger partial charge in [0.2, 0.25) is 0 Å². The second-order valence-electron chi connectivity index (χ2n) is 4.10. The van der Waals surface area contributed by atoms with E-state index < -0.39 is 0 Å². The first-order valence-electron chi connectivity index (χ1n) is 6.18. The zero-order valence-electron chi connectivity index (χ0n) is 10.7. The molecule has 0 amide bonds. The maximum Gasteiger partial charge on any atom is -0.0163 e. The summed E-state index contributed by atoms with van der Waals surface area (Å²) in [5, 5.41) is 0. The van der Waals surface area contributed by atoms with Crippen LogP contribution in [-0.4, -0.2) is 0 Å². The average molecular weight is 214 g/mol. The largest absolute Gasteiger partial charge is 0.0807 e. The van der Waals surface area contributed by atoms with Gasteiger partial charge in [-0.1, -0.05) is 62.0 Å². The Hall–Kier alpha value is -1.30. The van der Waals surface area contributed by atoms with E-state index in [1.165, 1.54) is 16.7 Å². The van der Waals surface area contributed by atoms with Gasteiger partial charge in [0.15, 0.2) is 0 Å². The molecule has 0 saturated carbocycles. The van der Waals surface area contributed by atoms with E-state index in [0.29, 0.717) is 0 Å². The van der Waals surface area contributed by atoms with Crippen LogP contribution in [0, 0.1) is 0 Å². The van der Waals surface area contributed by atoms with E-state index in [4.69, 9.17) is 0 Å². The van der Waals surface area contributed by atoms with Gasteiger partial charge in [0.05, 0.1) is 0 Å². The Morgan fingerprint density at radius 3 is 2.69 bits per heavy atom. The molecular formula is C16H22. The first-order valence-corrected chi connectivity index (χ1v) is 6.18. The molecule has 16 heavy (non-hydrogen) atoms. The summed E-state index contributed by atoms with van der Waals surface area (Å²) in [6.45, 7) is 6.59. The van der Waals surface area contributed by atoms with Gasteiger partial charge in [-0.2, -0.15) is 0 Å². The number of allylic oxidation sites excluding steroid dienone is 10. The van der Waals surface area contributed by atoms with Crippen molar-refractivity contribution < 1.29 is 0 Å². The highest BCUT2D eigenvalue weighted by atomic mass is 14.0. The summed E-state index contributed by atoms with van der Waals surface area (Å²) in [6.07, 6.45) is 18.7. The van der Waals surface area contributed by atoms with Crippen molar-refractivity contribution in [2.24, 2.45) is 0 Å². The molecule has 0 heterocycles. The first-order chi connectivity index (χ1) is 7.77. The van der Waals surface area contributed by atoms with Crippen LogP contribution < -0.4 is 0 Å². The van der Waals surface area contributed by atoms with Crippen molar-refractivity contribution in [2.75, 3.05) is 0 Å². The summed E-state index contributed by atoms with van der Waals surface area (Å²) in [5.41, 5.74) is 4.19. The molecule has 1 aliphatic rings. The molecule has 0 saturated heterocycles. The van der Waals surface area contributed by atoms with Crippen LogP contribution in [0.4, 0.5) is 0 Å². The normalized spacial score (nSPS) is 17.3. The summed E-state index contributed by atoms with van der Waals surface area (Å²) in [6, 6.07) is 0. The van der Waals surface area contributed by atoms with E-state index in [1.807, 2.05) is 0 Å². The van der Waals surface area contributed by atoms with Crippen LogP contribution in [0.3, 0.4) is 0 Å². The molecule has 0 unspecified atom stereocenters. The highest BCUT2D eigenvalue weighted by Gasteiger charge is 1.99. The van der Waals surface area contributed by atoms with Gasteiger partial charge < -0.3 is 0 Å². The molecule has 0 aliphatic heterocycles. The van der Waals surface area contributed by atoms with E-state index in [-0.39, 0.29) is 0 Å². The van der Waals surface area contributed by atoms with E-state index in [1.54, 1.807) is 0 Å². The smallest absolute Gasteiger partial charge is 0.0163 e. The molecule has 0 heteroatoms. The minimum absolute atomic E-state index is 1.04. The zero-order chi connectivity index (χ0) is 11.8. The van der Waals surface area contributed by atoms with Gasteiger partial charge in [0.25, 0.3) is 0 Å². The van der Waals surface area contributed by atoms with Crippen LogP contribution in [0.5, 0.6) is 0 Å². The van der Waals surface area contributed by atoms with E-state index in [2.05, 4.69) is 63.3 Å². The van der Waals surface area contributed by atoms with Crippen LogP contribution in [0.2, 0.25) is 0 Å². The summed E-state index contributed by atoms with van der Waals surface area (Å²) in [7, 11) is 0. The van der Waals surface area contributed by atoms with Crippen molar-refractivity contribution in [3.8, 4) is 0 Å². The molecule has 0 atom stereocenters. The van der Waals surface area contributed by atoms with Gasteiger partial charge in [-0.3, -0.25) is 0 Å². The van der Waals surface area contributed by atoms with Crippen LogP contribution in [0.15, 0.2) is 59.3 Å². The topological polar surface area (TPSA) is 0 Å². The van der Waals surface area contributed by atoms with Crippen molar-refractivity contribution in [3.63, 3.8) is 0 Å². The molecule has 86 valence electrons. The standard InChI is InChI=1S/C16H22/c1-4-14(3)12-13-15(5-2)16-10-8-6-7-9-11-16/h6,8-13H,4-5,7H2,1-3H3. The van der Waals surface area contributed by atoms with Crippen LogP contribution in [-0.2, 0) is 0 Å². The average Bonchev–Trinajstić information content (AvgIpc) is 2.58. The Morgan fingerprint density at radius 1 is 1.19 bits per heavy atom. The lowest BCUT2D eigenvalue weighted by Gasteiger charge is -2.04. The van der Waals surface area contributed by atoms with Gasteiger partial charge >= 0.3 is 0 Å². The second-order valence-corrected chi connectivity index (χ2v) is 4.10. The van der Waals surface area contributed by atoms with Gasteiger partial charge in [-0.25, -0.2) is 0 Å². The maximum atomic E-state index is 2.26. The lowest BCUT2D eigenvalue weighted by molar-refractivity contribution is 1.09. The highest BCUT2D eigenvalue weighted by molar-refractivity contribution is 5.44. The summed E-state index contributed by atoms with van der Waals surface area (Å²) in [5.74, 6) is 0. The van der Waals surface area contributed by atoms with Crippen LogP contribution >= 0.6 is 0 Å². The lowest BCUT2D eigenvalue weighted by atomic mass is 10.0. The van der Waals surface area contributed by atoms with Crippen LogP contribution in [0.1, 0.15) is 40.0 Å². The van der Waals surface area contributed by atoms with Gasteiger partial charge in [0.1, 0.15) is 0 Å². The molecule has 1 aliphatic carbocycles. The molecule has 0 radical (unpaired) electrons. The summed E-state index contributed by atoms with van der Waals surface area (Å²) in [4.78, 5) is 0. The Balaban J connectivity index is 2.89. The number of hydrogen-bond acceptors (Lipinski definition) is 0. The third-order valence-corrected chi connectivity index (χ3v) is 2.86. The Kier molecular flexibility index (Phi) is 5.63. The fourth-order valence-corrected chi connectivity index (χ4v) is 1.57. The fourth-order valence-electron chi connectivity index (χ4n) is 1.57. The Morgan fingerprint density at radius 2 is 2.00 bits per heavy atom. The second kappa shape index (κ2) is 7.05. The Labute approximate surface area is 99.8 Å². The molecule has 0 spiro atoms. The van der Waals surface area contributed by atoms with E-state index >= 15 is 0 Å². The van der Waals surface area contributed by atoms with Gasteiger partial charge in [0, 0.05) is 0 Å². The third-order valence-electron chi connectivity index (χ3n) is 2.86. The fraction of sp³-hybridized carbons (Fsp3) is 0.375. The molecule has 0 aromatic heterocycles. The van der Waals surface area contributed by atoms with Crippen molar-refractivity contribution in [3.05, 3.63) is 59.3 Å². The maximum absolute atomic E-state index is 2.26. The van der Waals surface area contributed by atoms with Crippen LogP contribution in [0.25, 0.3) is 0 Å². The van der Waals surface area contributed by atoms with Crippen molar-refractivity contribution in [2.45, 2.75) is 40.0 Å². The van der Waals surface area contributed by atoms with Crippen molar-refractivity contribution in [1.82, 2.24) is 0 Å². The Bertz CT molecular complexity index is 359. The number of rotatable bonds is 4. The SMILES string of the molecule is CCC(C)=CC=C(CC)C1=CC=CCC=C1. The van der Waals surface area contributed by atoms with E-state index in [9.17, 15) is 0 Å². The van der Waals surface area contributed by atoms with E-state index in [0.717, 1.165) is 19.3 Å². The van der Waals surface area contributed by atoms with Crippen molar-refractivity contribution >= 4 is 0 Å². The molecule has 0 nitrogen and oxygen atoms in total. The minimum atomic E-state index is 1.04. The molecule has 0 aromatic carbocycles. The molecule has 0 bridgehead atoms. The molecule has 0 aromatic rings. The molecule has 0 fully saturated rings. The predicted octanol–water partition coefficient (Wildman–Crippen LogP) is 5.12. The highest BCUT2D eigenvalue weighted by Crippen LogP contribution is 2.18. The molecule has 0 N–H and O–H groups in total. The zero-order valence-corrected chi connectivity index (χ0v) is 10.7. The summed E-state index contributed by atoms with van der Waals surface area (Å²) >= 11 is 0. The minimum Gasteiger partial charge on any atom is -0.0807 e. The quantitative estimate of drug-likeness (QED) is 0.570. The van der Waals surface area contributed by atoms with Gasteiger partial charge in [-0.15, -0.1) is 0 Å². The third kappa shape index (κ3) is 4.06. The predicted molar refractivity (Wildman–Crippen MR) is 73.4 cm³/mol. The molecular weight excluding hydrogens is 192 g/mol. The first kappa shape index (κ1) is 12.8. The van der Waals surface area contributed by atoms with Gasteiger partial charge in [-0.05, 0) is 37.3 Å². The number of hydrogen-bond donors (Lipinski definition) is 0. The lowest BCUT2D eigenvalue weighted by Crippen LogP contribution is -1.84. The van der Waals surface area contributed by atoms with Crippen molar-refractivity contribution in [1.29, 1.82) is 0 Å². The summed E-state index contributed by atoms with van der Waals surface area (Å²) < 4.78 is 0. The monoisotopic (exact) mass is 214 g/mol.